The van der Waals surface area contributed by atoms with Crippen LogP contribution in [0, 0.1) is 0 Å². The molecule has 0 fully saturated rings. The van der Waals surface area contributed by atoms with Crippen LogP contribution in [0.3, 0.4) is 0 Å². The van der Waals surface area contributed by atoms with E-state index in [0.29, 0.717) is 13.0 Å². The zero-order valence-electron chi connectivity index (χ0n) is 5.02. The first-order valence-electron chi connectivity index (χ1n) is 2.17. The number of nitrogens with two attached hydrogens (primary N) is 1. The number of hydrogen-bond donors (Lipinski definition) is 1. The van der Waals surface area contributed by atoms with Crippen molar-refractivity contribution in [3.8, 4) is 0 Å². The Bertz CT molecular complexity index is 70.3. The van der Waals surface area contributed by atoms with Gasteiger partial charge in [0, 0.05) is 8.03 Å². The predicted octanol–water partition coefficient (Wildman–Crippen LogP) is -3.83. The summed E-state index contributed by atoms with van der Waals surface area (Å²) < 4.78 is 9.78. The Labute approximate surface area is 71.8 Å². The van der Waals surface area contributed by atoms with E-state index in [4.69, 9.17) is 5.73 Å². The maximum Gasteiger partial charge on any atom is 1.00 e. The van der Waals surface area contributed by atoms with Gasteiger partial charge in [-0.25, -0.2) is 0 Å². The van der Waals surface area contributed by atoms with Gasteiger partial charge in [0.05, 0.1) is 0 Å². The van der Waals surface area contributed by atoms with E-state index in [0.717, 1.165) is 0 Å². The third kappa shape index (κ3) is 10.2. The van der Waals surface area contributed by atoms with Crippen molar-refractivity contribution in [1.29, 1.82) is 0 Å². The van der Waals surface area contributed by atoms with Crippen LogP contribution in [0.4, 0.5) is 0 Å². The topological polar surface area (TPSA) is 66.2 Å². The predicted molar refractivity (Wildman–Crippen MR) is 27.5 cm³/mol. The van der Waals surface area contributed by atoms with E-state index in [9.17, 15) is 9.46 Å². The molecule has 5 heteroatoms. The van der Waals surface area contributed by atoms with Gasteiger partial charge in [0.1, 0.15) is 0 Å². The molecule has 1 unspecified atom stereocenters. The summed E-state index contributed by atoms with van der Waals surface area (Å²) in [6.07, 6.45) is 0.864. The number of rotatable bonds is 3. The molecule has 0 saturated carbocycles. The van der Waals surface area contributed by atoms with Gasteiger partial charge in [-0.3, -0.25) is 0 Å². The molecule has 1 atom stereocenters. The Morgan fingerprint density at radius 3 is 2.25 bits per heavy atom. The monoisotopic (exact) mass is 145 g/mol. The third-order valence-electron chi connectivity index (χ3n) is 0.585. The zero-order chi connectivity index (χ0) is 5.70. The van der Waals surface area contributed by atoms with Crippen molar-refractivity contribution in [3.05, 3.63) is 0 Å². The van der Waals surface area contributed by atoms with Crippen LogP contribution in [0.1, 0.15) is 6.42 Å². The summed E-state index contributed by atoms with van der Waals surface area (Å²) in [5.74, 6) is 0. The molecule has 0 aliphatic rings. The Balaban J connectivity index is 0. The Hall–Kier alpha value is 1.15. The fourth-order valence-corrected chi connectivity index (χ4v) is 0.739. The summed E-state index contributed by atoms with van der Waals surface area (Å²) in [6.45, 7) is 0.471. The van der Waals surface area contributed by atoms with Crippen molar-refractivity contribution < 1.29 is 39.0 Å². The summed E-state index contributed by atoms with van der Waals surface area (Å²) in [5, 5.41) is 0. The van der Waals surface area contributed by atoms with Gasteiger partial charge in [0.25, 0.3) is 0 Å². The smallest absolute Gasteiger partial charge is 0.802 e. The van der Waals surface area contributed by atoms with E-state index in [1.54, 1.807) is 0 Å². The molecule has 0 amide bonds. The quantitative estimate of drug-likeness (QED) is 0.327. The Morgan fingerprint density at radius 2 is 2.12 bits per heavy atom. The molecule has 44 valence electrons. The van der Waals surface area contributed by atoms with Crippen LogP contribution in [-0.2, 0) is 4.57 Å². The molecular weight excluding hydrogens is 136 g/mol. The van der Waals surface area contributed by atoms with Crippen LogP contribution in [0.25, 0.3) is 0 Å². The summed E-state index contributed by atoms with van der Waals surface area (Å²) >= 11 is 0. The van der Waals surface area contributed by atoms with E-state index in [1.807, 2.05) is 0 Å². The summed E-state index contributed by atoms with van der Waals surface area (Å²) in [6, 6.07) is 0. The van der Waals surface area contributed by atoms with E-state index in [-0.39, 0.29) is 35.7 Å². The molecule has 0 spiro atoms. The average molecular weight is 145 g/mol. The second-order valence-corrected chi connectivity index (χ2v) is 2.51. The van der Waals surface area contributed by atoms with Gasteiger partial charge in [-0.05, 0) is 19.1 Å². The first-order chi connectivity index (χ1) is 3.27. The zero-order valence-corrected chi connectivity index (χ0v) is 8.02. The minimum atomic E-state index is -2.48. The Kier molecular flexibility index (Phi) is 12.1. The average Bonchev–Trinajstić information content (AvgIpc) is 1.61. The van der Waals surface area contributed by atoms with Crippen LogP contribution >= 0.6 is 8.03 Å². The van der Waals surface area contributed by atoms with Gasteiger partial charge in [-0.2, -0.15) is 0 Å². The van der Waals surface area contributed by atoms with Gasteiger partial charge < -0.3 is 15.2 Å². The molecule has 2 N–H and O–H groups in total. The van der Waals surface area contributed by atoms with Crippen molar-refractivity contribution in [3.63, 3.8) is 0 Å². The molecule has 0 aromatic rings. The van der Waals surface area contributed by atoms with Gasteiger partial charge in [0.2, 0.25) is 0 Å². The van der Waals surface area contributed by atoms with Crippen molar-refractivity contribution in [2.75, 3.05) is 12.7 Å². The van der Waals surface area contributed by atoms with Gasteiger partial charge in [-0.1, -0.05) is 0 Å². The molecule has 0 radical (unpaired) electrons. The van der Waals surface area contributed by atoms with E-state index < -0.39 is 8.03 Å². The summed E-state index contributed by atoms with van der Waals surface area (Å²) in [5.41, 5.74) is 5.02. The van der Waals surface area contributed by atoms with E-state index >= 15 is 0 Å². The van der Waals surface area contributed by atoms with Crippen LogP contribution < -0.4 is 40.2 Å². The molecule has 0 aliphatic heterocycles. The molecule has 3 nitrogen and oxygen atoms in total. The molecule has 0 heterocycles. The standard InChI is InChI=1S/C3H10NO2P.Na/c4-2-1-3-7(5)6;/h7H,1-4H2,(H,5,6);/q;+1/p-1. The molecule has 0 saturated heterocycles. The maximum absolute atomic E-state index is 9.78. The van der Waals surface area contributed by atoms with Gasteiger partial charge in [0.15, 0.2) is 0 Å². The first-order valence-corrected chi connectivity index (χ1v) is 3.69. The maximum atomic E-state index is 9.78. The SMILES string of the molecule is NCCC[PH](=O)[O-].[Na+]. The van der Waals surface area contributed by atoms with Crippen molar-refractivity contribution in [2.45, 2.75) is 6.42 Å². The van der Waals surface area contributed by atoms with Crippen LogP contribution in [-0.4, -0.2) is 12.7 Å². The normalized spacial score (nSPS) is 12.2. The molecule has 0 aromatic heterocycles. The van der Waals surface area contributed by atoms with Crippen molar-refractivity contribution >= 4 is 8.03 Å². The van der Waals surface area contributed by atoms with Crippen LogP contribution in [0.5, 0.6) is 0 Å². The molecule has 8 heavy (non-hydrogen) atoms. The van der Waals surface area contributed by atoms with Crippen molar-refractivity contribution in [2.24, 2.45) is 5.73 Å². The Morgan fingerprint density at radius 1 is 1.62 bits per heavy atom. The van der Waals surface area contributed by atoms with E-state index in [1.165, 1.54) is 0 Å². The molecule has 0 aromatic carbocycles. The van der Waals surface area contributed by atoms with Gasteiger partial charge >= 0.3 is 29.6 Å². The summed E-state index contributed by atoms with van der Waals surface area (Å²) in [7, 11) is -2.48. The molecule has 0 aliphatic carbocycles. The van der Waals surface area contributed by atoms with Crippen molar-refractivity contribution in [1.82, 2.24) is 0 Å². The fourth-order valence-electron chi connectivity index (χ4n) is 0.246. The first kappa shape index (κ1) is 11.9. The second kappa shape index (κ2) is 8.15. The fraction of sp³-hybridized carbons (Fsp3) is 1.00. The van der Waals surface area contributed by atoms with E-state index in [2.05, 4.69) is 0 Å². The minimum Gasteiger partial charge on any atom is -0.802 e. The summed E-state index contributed by atoms with van der Waals surface area (Å²) in [4.78, 5) is 9.78. The minimum absolute atomic E-state index is 0. The number of hydrogen-bond acceptors (Lipinski definition) is 3. The molecule has 0 bridgehead atoms. The van der Waals surface area contributed by atoms with Gasteiger partial charge in [-0.15, -0.1) is 0 Å². The molecular formula is C3H9NNaO2P. The van der Waals surface area contributed by atoms with Crippen LogP contribution in [0.2, 0.25) is 0 Å². The second-order valence-electron chi connectivity index (χ2n) is 1.26. The third-order valence-corrected chi connectivity index (χ3v) is 1.35. The largest absolute Gasteiger partial charge is 1.00 e. The molecule has 0 rings (SSSR count). The van der Waals surface area contributed by atoms with Crippen LogP contribution in [0.15, 0.2) is 0 Å².